The fourth-order valence-corrected chi connectivity index (χ4v) is 6.43. The predicted molar refractivity (Wildman–Crippen MR) is 337 cm³/mol. The van der Waals surface area contributed by atoms with Gasteiger partial charge in [-0.3, -0.25) is 34.7 Å². The summed E-state index contributed by atoms with van der Waals surface area (Å²) in [5.41, 5.74) is -1.56. The summed E-state index contributed by atoms with van der Waals surface area (Å²) < 4.78 is 99.3. The minimum Gasteiger partial charge on any atom is -0.428 e. The number of benzene rings is 4. The van der Waals surface area contributed by atoms with Crippen molar-refractivity contribution in [3.05, 3.63) is 152 Å². The van der Waals surface area contributed by atoms with E-state index in [9.17, 15) is 76.1 Å². The molecule has 0 N–H and O–H groups in total. The lowest BCUT2D eigenvalue weighted by Gasteiger charge is -2.20. The van der Waals surface area contributed by atoms with Crippen LogP contribution >= 0.6 is 0 Å². The van der Waals surface area contributed by atoms with Crippen LogP contribution in [0.5, 0.6) is 23.1 Å². The van der Waals surface area contributed by atoms with Crippen molar-refractivity contribution in [3.8, 4) is 23.1 Å². The topological polar surface area (TPSA) is 365 Å². The number of amides is 2. The standard InChI is InChI=1S/C13H17N2O3.C11H10F4O3.2C11H13NO5.C10H13NO3.C9H13NO5/c1-9-5-6-10-8-14-15(11(10)7-9)18-12(16)17-13(2,3)4;1-11(2,3)18-10(16)17-6-4-5(12)7(13)9(15)8(6)14;1-11(2,3)17-10(13)16-9-6-4-8(5-7-9)12(14)15;1-11(2,3)17-10(13)16-9-7-5-4-6-8(9)12(14)15;1-10(2,3)14-9(12)13-8-6-4-5-7-11-8;1-9(2,3)14-8(13)15-10-6(11)4-5-7(10)12/h5-7H,8H2,1-4H3;4H,1-3H3;2*4-7H,1-3H3;4-7H,1-3H3;4-5H2,1-3H3/q+1;;;;;. The Balaban J connectivity index is 0.000000405. The number of pyridine rings is 1. The van der Waals surface area contributed by atoms with Crippen LogP contribution in [0.1, 0.15) is 149 Å². The summed E-state index contributed by atoms with van der Waals surface area (Å²) in [6.45, 7) is 32.8. The summed E-state index contributed by atoms with van der Waals surface area (Å²) in [5.74, 6) is -9.35. The van der Waals surface area contributed by atoms with Crippen LogP contribution in [0.15, 0.2) is 102 Å². The quantitative estimate of drug-likeness (QED) is 0.0133. The van der Waals surface area contributed by atoms with E-state index >= 15 is 0 Å². The molecule has 0 saturated carbocycles. The minimum absolute atomic E-state index is 0.0680. The van der Waals surface area contributed by atoms with E-state index in [4.69, 9.17) is 42.7 Å². The number of hydrogen-bond donors (Lipinski definition) is 0. The van der Waals surface area contributed by atoms with E-state index < -0.39 is 121 Å². The van der Waals surface area contributed by atoms with Gasteiger partial charge in [-0.1, -0.05) is 29.3 Å². The lowest BCUT2D eigenvalue weighted by atomic mass is 10.1. The third kappa shape index (κ3) is 34.4. The number of hydrogen-bond acceptors (Lipinski definition) is 26. The summed E-state index contributed by atoms with van der Waals surface area (Å²) in [4.78, 5) is 124. The van der Waals surface area contributed by atoms with Gasteiger partial charge >= 0.3 is 42.6 Å². The molecule has 3 heterocycles. The fourth-order valence-electron chi connectivity index (χ4n) is 6.43. The molecule has 0 bridgehead atoms. The van der Waals surface area contributed by atoms with Crippen molar-refractivity contribution in [3.63, 3.8) is 0 Å². The fraction of sp³-hybridized carbons (Fsp3) is 0.431. The maximum absolute atomic E-state index is 13.1. The minimum atomic E-state index is -2.06. The van der Waals surface area contributed by atoms with E-state index in [-0.39, 0.29) is 47.7 Å². The van der Waals surface area contributed by atoms with Crippen molar-refractivity contribution < 1.29 is 128 Å². The van der Waals surface area contributed by atoms with Gasteiger partial charge in [-0.05, 0) is 167 Å². The Kier molecular flexibility index (Phi) is 30.8. The van der Waals surface area contributed by atoms with Crippen LogP contribution < -0.4 is 18.9 Å². The van der Waals surface area contributed by atoms with Gasteiger partial charge in [0.2, 0.25) is 23.3 Å². The molecule has 5 aromatic rings. The number of ether oxygens (including phenoxy) is 10. The zero-order chi connectivity index (χ0) is 75.8. The molecule has 0 radical (unpaired) electrons. The Morgan fingerprint density at radius 2 is 0.939 bits per heavy atom. The predicted octanol–water partition coefficient (Wildman–Crippen LogP) is 16.2. The number of hydroxylamine groups is 2. The number of rotatable bonds is 8. The zero-order valence-electron chi connectivity index (χ0n) is 57.9. The van der Waals surface area contributed by atoms with Crippen molar-refractivity contribution in [2.24, 2.45) is 5.11 Å². The summed E-state index contributed by atoms with van der Waals surface area (Å²) in [7, 11) is 0. The first-order valence-corrected chi connectivity index (χ1v) is 29.4. The van der Waals surface area contributed by atoms with E-state index in [2.05, 4.69) is 24.4 Å². The lowest BCUT2D eigenvalue weighted by Crippen LogP contribution is -2.35. The van der Waals surface area contributed by atoms with Gasteiger partial charge in [0.1, 0.15) is 50.8 Å². The summed E-state index contributed by atoms with van der Waals surface area (Å²) in [6.07, 6.45) is -4.02. The van der Waals surface area contributed by atoms with E-state index in [0.29, 0.717) is 11.6 Å². The highest BCUT2D eigenvalue weighted by Gasteiger charge is 2.35. The molecule has 0 spiro atoms. The SMILES string of the molecule is CC(C)(C)OC(=O)ON1C(=O)CCC1=O.CC(C)(C)OC(=O)Oc1cc(F)c(F)c(F)c1F.CC(C)(C)OC(=O)Oc1ccc([N+](=O)[O-])cc1.CC(C)(C)OC(=O)Oc1ccccc1[N+](=O)[O-].CC(C)(C)OC(=O)Oc1ccccn1.Cc1ccc2c(c1)[N+](OC(=O)OC(C)(C)C)=NC2. The first kappa shape index (κ1) is 84.0. The monoisotopic (exact) mass is 1400 g/mol. The largest absolute Gasteiger partial charge is 0.576 e. The molecule has 0 unspecified atom stereocenters. The number of imide groups is 1. The summed E-state index contributed by atoms with van der Waals surface area (Å²) in [5, 5.41) is 25.6. The number of azo groups is 1. The molecule has 4 aromatic carbocycles. The molecule has 0 aliphatic carbocycles. The average Bonchev–Trinajstić information content (AvgIpc) is 1.80. The van der Waals surface area contributed by atoms with Gasteiger partial charge in [-0.2, -0.15) is 9.18 Å². The summed E-state index contributed by atoms with van der Waals surface area (Å²) >= 11 is 0. The number of fused-ring (bicyclic) bond motifs is 1. The number of nitro groups is 2. The van der Waals surface area contributed by atoms with Crippen LogP contribution in [0.3, 0.4) is 0 Å². The molecular formula is C65H79F4N6O24+. The van der Waals surface area contributed by atoms with Crippen LogP contribution in [0.2, 0.25) is 0 Å². The normalized spacial score (nSPS) is 12.4. The van der Waals surface area contributed by atoms with E-state index in [1.807, 2.05) is 25.1 Å². The van der Waals surface area contributed by atoms with E-state index in [1.165, 1.54) is 74.2 Å². The maximum Gasteiger partial charge on any atom is 0.576 e. The Labute approximate surface area is 566 Å². The van der Waals surface area contributed by atoms with Crippen LogP contribution in [0.4, 0.5) is 63.4 Å². The number of aromatic nitrogens is 1. The smallest absolute Gasteiger partial charge is 0.428 e. The Bertz CT molecular complexity index is 3690. The molecule has 2 aliphatic heterocycles. The molecule has 0 atom stereocenters. The Hall–Kier alpha value is -11.1. The number of halogens is 4. The van der Waals surface area contributed by atoms with Gasteiger partial charge in [-0.15, -0.1) is 4.84 Å². The second kappa shape index (κ2) is 36.3. The first-order chi connectivity index (χ1) is 45.3. The highest BCUT2D eigenvalue weighted by atomic mass is 19.2. The number of para-hydroxylation sites is 2. The Morgan fingerprint density at radius 1 is 0.495 bits per heavy atom. The van der Waals surface area contributed by atoms with Gasteiger partial charge in [0.05, 0.1) is 15.4 Å². The van der Waals surface area contributed by atoms with Gasteiger partial charge in [0, 0.05) is 60.6 Å². The van der Waals surface area contributed by atoms with Gasteiger partial charge in [0.15, 0.2) is 17.4 Å². The maximum atomic E-state index is 13.1. The van der Waals surface area contributed by atoms with Crippen LogP contribution in [0.25, 0.3) is 0 Å². The third-order valence-corrected chi connectivity index (χ3v) is 10.1. The molecule has 1 aromatic heterocycles. The van der Waals surface area contributed by atoms with Crippen LogP contribution in [-0.2, 0) is 54.2 Å². The number of carbonyl (C=O) groups is 8. The van der Waals surface area contributed by atoms with Crippen LogP contribution in [-0.4, -0.2) is 107 Å². The number of nitro benzene ring substituents is 2. The van der Waals surface area contributed by atoms with Gasteiger partial charge in [0.25, 0.3) is 23.2 Å². The molecule has 2 amide bonds. The molecular weight excluding hydrogens is 1320 g/mol. The van der Waals surface area contributed by atoms with E-state index in [1.54, 1.807) is 128 Å². The van der Waals surface area contributed by atoms with E-state index in [0.717, 1.165) is 16.8 Å². The first-order valence-electron chi connectivity index (χ1n) is 29.4. The number of carbonyl (C=O) groups excluding carboxylic acids is 8. The molecule has 2 aliphatic rings. The second-order valence-corrected chi connectivity index (χ2v) is 26.1. The molecule has 99 heavy (non-hydrogen) atoms. The highest BCUT2D eigenvalue weighted by molar-refractivity contribution is 6.01. The van der Waals surface area contributed by atoms with Crippen LogP contribution in [0, 0.1) is 50.4 Å². The van der Waals surface area contributed by atoms with Crippen molar-refractivity contribution in [1.82, 2.24) is 10.0 Å². The summed E-state index contributed by atoms with van der Waals surface area (Å²) in [6, 6.07) is 22.0. The van der Waals surface area contributed by atoms with Gasteiger partial charge in [-0.25, -0.2) is 42.1 Å². The third-order valence-electron chi connectivity index (χ3n) is 10.1. The van der Waals surface area contributed by atoms with Crippen molar-refractivity contribution in [2.45, 2.75) is 185 Å². The number of non-ortho nitro benzene ring substituents is 1. The number of aryl methyl sites for hydroxylation is 1. The molecule has 540 valence electrons. The molecule has 1 saturated heterocycles. The zero-order valence-corrected chi connectivity index (χ0v) is 57.9. The van der Waals surface area contributed by atoms with Gasteiger partial charge < -0.3 is 47.4 Å². The van der Waals surface area contributed by atoms with Crippen molar-refractivity contribution >= 4 is 65.8 Å². The molecule has 30 nitrogen and oxygen atoms in total. The number of nitrogens with zero attached hydrogens (tertiary/aromatic N) is 6. The lowest BCUT2D eigenvalue weighted by molar-refractivity contribution is -0.749. The van der Waals surface area contributed by atoms with Crippen molar-refractivity contribution in [2.75, 3.05) is 0 Å². The second-order valence-electron chi connectivity index (χ2n) is 26.1. The van der Waals surface area contributed by atoms with Crippen molar-refractivity contribution in [1.29, 1.82) is 0 Å². The molecule has 34 heteroatoms. The Morgan fingerprint density at radius 3 is 1.40 bits per heavy atom. The molecule has 7 rings (SSSR count). The average molecular weight is 1400 g/mol. The molecule has 1 fully saturated rings. The highest BCUT2D eigenvalue weighted by Crippen LogP contribution is 2.30.